The zero-order valence-corrected chi connectivity index (χ0v) is 14.1. The molecule has 0 heterocycles. The predicted octanol–water partition coefficient (Wildman–Crippen LogP) is 2.07. The largest absolute Gasteiger partial charge is 0.480 e. The van der Waals surface area contributed by atoms with Gasteiger partial charge in [0.1, 0.15) is 6.61 Å². The number of aliphatic hydroxyl groups is 2. The van der Waals surface area contributed by atoms with E-state index in [1.807, 2.05) is 26.0 Å². The standard InChI is InChI=1S/C18H30O5/c1-11(2)16(19)4-3-14-15-8-12(5-6-23-10-18(21)22)7-13(15)9-17(14)20/h3-4,11-17,19-20H,5-10H2,1-2H3,(H,21,22)/t12?,13-,14+,15+,16?,17+/m0/s1. The number of carboxylic acid groups (broad SMARTS) is 1. The van der Waals surface area contributed by atoms with Gasteiger partial charge in [0, 0.05) is 12.5 Å². The van der Waals surface area contributed by atoms with Crippen molar-refractivity contribution in [2.45, 2.75) is 51.7 Å². The summed E-state index contributed by atoms with van der Waals surface area (Å²) in [5, 5.41) is 28.8. The fraction of sp³-hybridized carbons (Fsp3) is 0.833. The van der Waals surface area contributed by atoms with Crippen LogP contribution in [0.1, 0.15) is 39.5 Å². The van der Waals surface area contributed by atoms with Crippen LogP contribution in [0.15, 0.2) is 12.2 Å². The molecular weight excluding hydrogens is 296 g/mol. The quantitative estimate of drug-likeness (QED) is 0.469. The Labute approximate surface area is 138 Å². The molecule has 5 heteroatoms. The molecule has 0 spiro atoms. The molecule has 6 atom stereocenters. The van der Waals surface area contributed by atoms with E-state index in [2.05, 4.69) is 0 Å². The molecule has 23 heavy (non-hydrogen) atoms. The Morgan fingerprint density at radius 2 is 2.04 bits per heavy atom. The first-order valence-electron chi connectivity index (χ1n) is 8.72. The highest BCUT2D eigenvalue weighted by Crippen LogP contribution is 2.51. The third-order valence-electron chi connectivity index (χ3n) is 5.44. The maximum absolute atomic E-state index is 10.4. The van der Waals surface area contributed by atoms with E-state index >= 15 is 0 Å². The van der Waals surface area contributed by atoms with Gasteiger partial charge >= 0.3 is 5.97 Å². The molecule has 0 aromatic carbocycles. The summed E-state index contributed by atoms with van der Waals surface area (Å²) in [5.74, 6) is 0.967. The summed E-state index contributed by atoms with van der Waals surface area (Å²) in [7, 11) is 0. The molecule has 2 fully saturated rings. The van der Waals surface area contributed by atoms with Crippen LogP contribution in [0.3, 0.4) is 0 Å². The topological polar surface area (TPSA) is 87.0 Å². The van der Waals surface area contributed by atoms with Gasteiger partial charge in [-0.3, -0.25) is 0 Å². The van der Waals surface area contributed by atoms with Gasteiger partial charge in [0.2, 0.25) is 0 Å². The van der Waals surface area contributed by atoms with Crippen LogP contribution in [0.5, 0.6) is 0 Å². The van der Waals surface area contributed by atoms with Gasteiger partial charge in [-0.25, -0.2) is 4.79 Å². The van der Waals surface area contributed by atoms with Crippen molar-refractivity contribution in [2.24, 2.45) is 29.6 Å². The minimum Gasteiger partial charge on any atom is -0.480 e. The van der Waals surface area contributed by atoms with Gasteiger partial charge in [0.25, 0.3) is 0 Å². The van der Waals surface area contributed by atoms with E-state index < -0.39 is 12.1 Å². The minimum absolute atomic E-state index is 0.137. The van der Waals surface area contributed by atoms with Crippen LogP contribution in [0.2, 0.25) is 0 Å². The fourth-order valence-electron chi connectivity index (χ4n) is 4.15. The zero-order chi connectivity index (χ0) is 17.0. The Kier molecular flexibility index (Phi) is 6.62. The van der Waals surface area contributed by atoms with E-state index in [0.29, 0.717) is 24.4 Å². The molecule has 2 rings (SSSR count). The van der Waals surface area contributed by atoms with Crippen molar-refractivity contribution >= 4 is 5.97 Å². The van der Waals surface area contributed by atoms with Gasteiger partial charge in [-0.1, -0.05) is 26.0 Å². The average molecular weight is 326 g/mol. The predicted molar refractivity (Wildman–Crippen MR) is 86.9 cm³/mol. The van der Waals surface area contributed by atoms with Crippen molar-refractivity contribution in [2.75, 3.05) is 13.2 Å². The monoisotopic (exact) mass is 326 g/mol. The summed E-state index contributed by atoms with van der Waals surface area (Å²) < 4.78 is 5.14. The molecule has 0 amide bonds. The summed E-state index contributed by atoms with van der Waals surface area (Å²) in [4.78, 5) is 10.4. The van der Waals surface area contributed by atoms with Gasteiger partial charge in [0.15, 0.2) is 0 Å². The molecule has 132 valence electrons. The molecule has 2 aliphatic rings. The molecule has 0 radical (unpaired) electrons. The van der Waals surface area contributed by atoms with Crippen LogP contribution in [0, 0.1) is 29.6 Å². The number of carboxylic acids is 1. The van der Waals surface area contributed by atoms with Crippen LogP contribution in [-0.2, 0) is 9.53 Å². The lowest BCUT2D eigenvalue weighted by molar-refractivity contribution is -0.142. The molecule has 0 aromatic rings. The van der Waals surface area contributed by atoms with E-state index in [1.54, 1.807) is 0 Å². The number of aliphatic carboxylic acids is 1. The number of rotatable bonds is 8. The van der Waals surface area contributed by atoms with Gasteiger partial charge < -0.3 is 20.1 Å². The van der Waals surface area contributed by atoms with Crippen LogP contribution < -0.4 is 0 Å². The first-order chi connectivity index (χ1) is 10.9. The van der Waals surface area contributed by atoms with Crippen molar-refractivity contribution in [3.8, 4) is 0 Å². The highest BCUT2D eigenvalue weighted by molar-refractivity contribution is 5.67. The molecule has 2 aliphatic carbocycles. The van der Waals surface area contributed by atoms with Crippen LogP contribution in [0.25, 0.3) is 0 Å². The number of ether oxygens (including phenoxy) is 1. The lowest BCUT2D eigenvalue weighted by Gasteiger charge is -2.20. The second-order valence-electron chi connectivity index (χ2n) is 7.50. The molecule has 2 unspecified atom stereocenters. The lowest BCUT2D eigenvalue weighted by atomic mass is 9.89. The fourth-order valence-corrected chi connectivity index (χ4v) is 4.15. The van der Waals surface area contributed by atoms with E-state index in [-0.39, 0.29) is 24.5 Å². The Morgan fingerprint density at radius 1 is 1.30 bits per heavy atom. The summed E-state index contributed by atoms with van der Waals surface area (Å²) in [5.41, 5.74) is 0. The molecular formula is C18H30O5. The number of fused-ring (bicyclic) bond motifs is 1. The van der Waals surface area contributed by atoms with Crippen LogP contribution >= 0.6 is 0 Å². The van der Waals surface area contributed by atoms with Gasteiger partial charge in [-0.05, 0) is 49.4 Å². The molecule has 3 N–H and O–H groups in total. The van der Waals surface area contributed by atoms with E-state index in [4.69, 9.17) is 9.84 Å². The number of carbonyl (C=O) groups is 1. The van der Waals surface area contributed by atoms with Crippen molar-refractivity contribution < 1.29 is 24.9 Å². The van der Waals surface area contributed by atoms with Gasteiger partial charge in [0.05, 0.1) is 12.2 Å². The zero-order valence-electron chi connectivity index (χ0n) is 14.1. The Morgan fingerprint density at radius 3 is 2.70 bits per heavy atom. The van der Waals surface area contributed by atoms with E-state index in [9.17, 15) is 15.0 Å². The highest BCUT2D eigenvalue weighted by Gasteiger charge is 2.46. The number of hydrogen-bond donors (Lipinski definition) is 3. The maximum Gasteiger partial charge on any atom is 0.329 e. The number of aliphatic hydroxyl groups excluding tert-OH is 2. The third-order valence-corrected chi connectivity index (χ3v) is 5.44. The van der Waals surface area contributed by atoms with Crippen LogP contribution in [-0.4, -0.2) is 46.7 Å². The lowest BCUT2D eigenvalue weighted by Crippen LogP contribution is -2.19. The summed E-state index contributed by atoms with van der Waals surface area (Å²) in [6.07, 6.45) is 6.98. The van der Waals surface area contributed by atoms with Gasteiger partial charge in [-0.2, -0.15) is 0 Å². The molecule has 0 bridgehead atoms. The van der Waals surface area contributed by atoms with Gasteiger partial charge in [-0.15, -0.1) is 0 Å². The molecule has 0 aromatic heterocycles. The highest BCUT2D eigenvalue weighted by atomic mass is 16.5. The maximum atomic E-state index is 10.4. The molecule has 5 nitrogen and oxygen atoms in total. The van der Waals surface area contributed by atoms with Crippen molar-refractivity contribution in [1.29, 1.82) is 0 Å². The minimum atomic E-state index is -0.926. The van der Waals surface area contributed by atoms with Crippen LogP contribution in [0.4, 0.5) is 0 Å². The van der Waals surface area contributed by atoms with Crippen molar-refractivity contribution in [3.63, 3.8) is 0 Å². The summed E-state index contributed by atoms with van der Waals surface area (Å²) in [6.45, 7) is 4.22. The van der Waals surface area contributed by atoms with Crippen molar-refractivity contribution in [3.05, 3.63) is 12.2 Å². The SMILES string of the molecule is CC(C)C(O)C=C[C@@H]1[C@@H]2CC(CCOCC(=O)O)C[C@H]2C[C@H]1O. The normalized spacial score (nSPS) is 35.1. The third kappa shape index (κ3) is 5.03. The Hall–Kier alpha value is -0.910. The molecule has 0 saturated heterocycles. The first kappa shape index (κ1) is 18.4. The average Bonchev–Trinajstić information content (AvgIpc) is 2.97. The van der Waals surface area contributed by atoms with E-state index in [1.165, 1.54) is 0 Å². The second kappa shape index (κ2) is 8.27. The smallest absolute Gasteiger partial charge is 0.329 e. The number of hydrogen-bond acceptors (Lipinski definition) is 4. The summed E-state index contributed by atoms with van der Waals surface area (Å²) in [6, 6.07) is 0. The summed E-state index contributed by atoms with van der Waals surface area (Å²) >= 11 is 0. The van der Waals surface area contributed by atoms with E-state index in [0.717, 1.165) is 25.7 Å². The first-order valence-corrected chi connectivity index (χ1v) is 8.72. The second-order valence-corrected chi connectivity index (χ2v) is 7.50. The molecule has 2 saturated carbocycles. The molecule has 0 aliphatic heterocycles. The van der Waals surface area contributed by atoms with Crippen molar-refractivity contribution in [1.82, 2.24) is 0 Å². The Balaban J connectivity index is 1.82. The Bertz CT molecular complexity index is 420.